The number of nitrogens with two attached hydrogens (primary N) is 1. The smallest absolute Gasteiger partial charge is 0.334 e. The van der Waals surface area contributed by atoms with Crippen molar-refractivity contribution in [2.75, 3.05) is 33.2 Å². The normalized spacial score (nSPS) is 20.8. The van der Waals surface area contributed by atoms with Crippen LogP contribution in [0.15, 0.2) is 18.3 Å². The highest BCUT2D eigenvalue weighted by Crippen LogP contribution is 2.20. The third kappa shape index (κ3) is 3.76. The largest absolute Gasteiger partial charge is 0.406 e. The summed E-state index contributed by atoms with van der Waals surface area (Å²) < 4.78 is 38.5. The van der Waals surface area contributed by atoms with Gasteiger partial charge >= 0.3 is 6.18 Å². The lowest BCUT2D eigenvalue weighted by Gasteiger charge is -2.39. The van der Waals surface area contributed by atoms with Gasteiger partial charge in [-0.1, -0.05) is 0 Å². The van der Waals surface area contributed by atoms with Crippen LogP contribution < -0.4 is 5.73 Å². The lowest BCUT2D eigenvalue weighted by molar-refractivity contribution is -0.140. The van der Waals surface area contributed by atoms with Gasteiger partial charge in [-0.05, 0) is 19.2 Å². The van der Waals surface area contributed by atoms with E-state index < -0.39 is 18.6 Å². The molecule has 0 aliphatic carbocycles. The minimum Gasteiger partial charge on any atom is -0.334 e. The fourth-order valence-corrected chi connectivity index (χ4v) is 2.57. The van der Waals surface area contributed by atoms with Crippen LogP contribution in [0.3, 0.4) is 0 Å². The third-order valence-electron chi connectivity index (χ3n) is 3.62. The Kier molecular flexibility index (Phi) is 4.58. The van der Waals surface area contributed by atoms with Crippen molar-refractivity contribution in [1.82, 2.24) is 14.4 Å². The highest BCUT2D eigenvalue weighted by atomic mass is 19.4. The summed E-state index contributed by atoms with van der Waals surface area (Å²) in [7, 11) is 1.93. The van der Waals surface area contributed by atoms with E-state index in [9.17, 15) is 18.0 Å². The fraction of sp³-hybridized carbons (Fsp3) is 0.615. The second-order valence-electron chi connectivity index (χ2n) is 5.29. The van der Waals surface area contributed by atoms with E-state index in [1.807, 2.05) is 7.05 Å². The second-order valence-corrected chi connectivity index (χ2v) is 5.29. The lowest BCUT2D eigenvalue weighted by Crippen LogP contribution is -2.57. The summed E-state index contributed by atoms with van der Waals surface area (Å²) in [6.45, 7) is 0.900. The van der Waals surface area contributed by atoms with Crippen LogP contribution in [0.5, 0.6) is 0 Å². The van der Waals surface area contributed by atoms with E-state index in [4.69, 9.17) is 5.73 Å². The number of carbonyl (C=O) groups is 1. The van der Waals surface area contributed by atoms with Gasteiger partial charge in [0, 0.05) is 32.4 Å². The Hall–Kier alpha value is -1.54. The number of nitrogens with zero attached hydrogens (tertiary/aromatic N) is 3. The molecule has 1 saturated heterocycles. The molecule has 0 spiro atoms. The summed E-state index contributed by atoms with van der Waals surface area (Å²) >= 11 is 0. The summed E-state index contributed by atoms with van der Waals surface area (Å²) in [5.74, 6) is -0.396. The minimum absolute atomic E-state index is 0.0512. The number of aromatic nitrogens is 1. The number of rotatable bonds is 3. The molecule has 0 radical (unpaired) electrons. The SMILES string of the molecule is CN1CCN(C(=O)c2cccn2CC(F)(F)F)C(CN)C1. The third-order valence-corrected chi connectivity index (χ3v) is 3.62. The molecular formula is C13H19F3N4O. The summed E-state index contributed by atoms with van der Waals surface area (Å²) in [6.07, 6.45) is -3.09. The molecule has 1 unspecified atom stereocenters. The molecule has 21 heavy (non-hydrogen) atoms. The maximum Gasteiger partial charge on any atom is 0.406 e. The first-order chi connectivity index (χ1) is 9.81. The van der Waals surface area contributed by atoms with E-state index in [-0.39, 0.29) is 18.3 Å². The van der Waals surface area contributed by atoms with Gasteiger partial charge < -0.3 is 20.1 Å². The number of amides is 1. The van der Waals surface area contributed by atoms with Crippen LogP contribution in [0.2, 0.25) is 0 Å². The molecule has 1 aromatic heterocycles. The second kappa shape index (κ2) is 6.07. The summed E-state index contributed by atoms with van der Waals surface area (Å²) in [5.41, 5.74) is 5.73. The zero-order chi connectivity index (χ0) is 15.6. The van der Waals surface area contributed by atoms with Crippen LogP contribution in [0.25, 0.3) is 0 Å². The average Bonchev–Trinajstić information content (AvgIpc) is 2.83. The molecule has 1 amide bonds. The molecule has 5 nitrogen and oxygen atoms in total. The van der Waals surface area contributed by atoms with E-state index in [0.29, 0.717) is 19.6 Å². The van der Waals surface area contributed by atoms with Crippen LogP contribution in [0.4, 0.5) is 13.2 Å². The zero-order valence-electron chi connectivity index (χ0n) is 11.8. The van der Waals surface area contributed by atoms with Gasteiger partial charge in [0.25, 0.3) is 5.91 Å². The maximum atomic E-state index is 12.5. The Balaban J connectivity index is 2.18. The Morgan fingerprint density at radius 1 is 1.43 bits per heavy atom. The Morgan fingerprint density at radius 3 is 2.76 bits per heavy atom. The van der Waals surface area contributed by atoms with Crippen molar-refractivity contribution < 1.29 is 18.0 Å². The number of likely N-dealkylation sites (N-methyl/N-ethyl adjacent to an activating group) is 1. The number of piperazine rings is 1. The Labute approximate surface area is 121 Å². The standard InChI is InChI=1S/C13H19F3N4O/c1-18-5-6-20(10(7-17)8-18)12(21)11-3-2-4-19(11)9-13(14,15)16/h2-4,10H,5-9,17H2,1H3. The topological polar surface area (TPSA) is 54.5 Å². The van der Waals surface area contributed by atoms with E-state index in [2.05, 4.69) is 4.90 Å². The van der Waals surface area contributed by atoms with E-state index in [1.165, 1.54) is 18.3 Å². The molecule has 2 rings (SSSR count). The summed E-state index contributed by atoms with van der Waals surface area (Å²) in [5, 5.41) is 0. The first kappa shape index (κ1) is 15.8. The molecule has 1 fully saturated rings. The van der Waals surface area contributed by atoms with Crippen LogP contribution in [-0.2, 0) is 6.54 Å². The molecular weight excluding hydrogens is 285 g/mol. The molecule has 1 aromatic rings. The molecule has 0 aromatic carbocycles. The van der Waals surface area contributed by atoms with Crippen molar-refractivity contribution >= 4 is 5.91 Å². The van der Waals surface area contributed by atoms with Gasteiger partial charge in [0.2, 0.25) is 0 Å². The van der Waals surface area contributed by atoms with Crippen LogP contribution in [0, 0.1) is 0 Å². The number of hydrogen-bond donors (Lipinski definition) is 1. The Morgan fingerprint density at radius 2 is 2.14 bits per heavy atom. The predicted octanol–water partition coefficient (Wildman–Crippen LogP) is 0.765. The van der Waals surface area contributed by atoms with Gasteiger partial charge in [-0.2, -0.15) is 13.2 Å². The highest BCUT2D eigenvalue weighted by Gasteiger charge is 2.33. The van der Waals surface area contributed by atoms with E-state index in [0.717, 1.165) is 4.57 Å². The lowest BCUT2D eigenvalue weighted by atomic mass is 10.1. The van der Waals surface area contributed by atoms with Crippen molar-refractivity contribution in [3.8, 4) is 0 Å². The molecule has 8 heteroatoms. The maximum absolute atomic E-state index is 12.5. The fourth-order valence-electron chi connectivity index (χ4n) is 2.57. The van der Waals surface area contributed by atoms with E-state index >= 15 is 0 Å². The molecule has 1 aliphatic rings. The molecule has 0 bridgehead atoms. The monoisotopic (exact) mass is 304 g/mol. The number of carbonyl (C=O) groups excluding carboxylic acids is 1. The molecule has 118 valence electrons. The minimum atomic E-state index is -4.36. The number of halogens is 3. The molecule has 1 aliphatic heterocycles. The number of hydrogen-bond acceptors (Lipinski definition) is 3. The quantitative estimate of drug-likeness (QED) is 0.897. The molecule has 0 saturated carbocycles. The van der Waals surface area contributed by atoms with Crippen molar-refractivity contribution in [2.45, 2.75) is 18.8 Å². The van der Waals surface area contributed by atoms with Crippen molar-refractivity contribution in [1.29, 1.82) is 0 Å². The molecule has 1 atom stereocenters. The summed E-state index contributed by atoms with van der Waals surface area (Å²) in [4.78, 5) is 16.1. The number of alkyl halides is 3. The van der Waals surface area contributed by atoms with Crippen LogP contribution in [-0.4, -0.2) is 65.7 Å². The average molecular weight is 304 g/mol. The molecule has 2 heterocycles. The summed E-state index contributed by atoms with van der Waals surface area (Å²) in [6, 6.07) is 2.69. The molecule has 2 N–H and O–H groups in total. The van der Waals surface area contributed by atoms with Crippen molar-refractivity contribution in [3.05, 3.63) is 24.0 Å². The van der Waals surface area contributed by atoms with E-state index in [1.54, 1.807) is 4.90 Å². The first-order valence-corrected chi connectivity index (χ1v) is 6.73. The zero-order valence-corrected chi connectivity index (χ0v) is 11.8. The van der Waals surface area contributed by atoms with Gasteiger partial charge in [0.05, 0.1) is 6.04 Å². The van der Waals surface area contributed by atoms with Crippen LogP contribution >= 0.6 is 0 Å². The van der Waals surface area contributed by atoms with Gasteiger partial charge in [-0.3, -0.25) is 4.79 Å². The van der Waals surface area contributed by atoms with Gasteiger partial charge in [0.15, 0.2) is 0 Å². The first-order valence-electron chi connectivity index (χ1n) is 6.73. The van der Waals surface area contributed by atoms with Gasteiger partial charge in [0.1, 0.15) is 12.2 Å². The predicted molar refractivity (Wildman–Crippen MR) is 71.9 cm³/mol. The van der Waals surface area contributed by atoms with Crippen molar-refractivity contribution in [2.24, 2.45) is 5.73 Å². The van der Waals surface area contributed by atoms with Gasteiger partial charge in [-0.15, -0.1) is 0 Å². The van der Waals surface area contributed by atoms with Crippen LogP contribution in [0.1, 0.15) is 10.5 Å². The van der Waals surface area contributed by atoms with Gasteiger partial charge in [-0.25, -0.2) is 0 Å². The Bertz CT molecular complexity index is 500. The highest BCUT2D eigenvalue weighted by molar-refractivity contribution is 5.93. The van der Waals surface area contributed by atoms with Crippen molar-refractivity contribution in [3.63, 3.8) is 0 Å².